The third kappa shape index (κ3) is 5.05. The van der Waals surface area contributed by atoms with Crippen LogP contribution in [0.1, 0.15) is 147 Å². The minimum absolute atomic E-state index is 0.172. The van der Waals surface area contributed by atoms with Crippen molar-refractivity contribution in [3.05, 3.63) is 58.9 Å². The topological polar surface area (TPSA) is 6.48 Å². The molecule has 3 heteroatoms. The molecular formula is C46H71BN2. The molecule has 5 aliphatic carbocycles. The molecule has 4 fully saturated rings. The second kappa shape index (κ2) is 11.2. The van der Waals surface area contributed by atoms with Crippen LogP contribution in [0.3, 0.4) is 0 Å². The number of fused-ring (bicyclic) bond motifs is 5. The van der Waals surface area contributed by atoms with Crippen LogP contribution in [0, 0.1) is 45.3 Å². The Morgan fingerprint density at radius 3 is 2.22 bits per heavy atom. The molecule has 8 aliphatic rings. The van der Waals surface area contributed by atoms with Crippen molar-refractivity contribution >= 4 is 6.71 Å². The van der Waals surface area contributed by atoms with Gasteiger partial charge in [0.2, 0.25) is 0 Å². The standard InChI is InChI=1S/C46H71BN2/c1-29-23-38-40-39(24-29)49-41-34(46(45(49,11)12)21-14-13-15-22-46)17-16-18-35(41)47(40)36-28-30(42(2,3)4)19-20-37(36)48(38)33-26-31(43(5,6)7)25-32(27-33)44(8,9)10/h16,18-19,24,26,28-29,31-32,34-35,37-38,40-41H,13-15,17,20-23,25,27H2,1-12H3. The normalized spacial score (nSPS) is 39.4. The lowest BCUT2D eigenvalue weighted by molar-refractivity contribution is 0.0216. The molecular weight excluding hydrogens is 591 g/mol. The van der Waals surface area contributed by atoms with Gasteiger partial charge in [0.1, 0.15) is 0 Å². The van der Waals surface area contributed by atoms with Gasteiger partial charge in [0, 0.05) is 40.9 Å². The largest absolute Gasteiger partial charge is 0.366 e. The van der Waals surface area contributed by atoms with E-state index in [2.05, 4.69) is 129 Å². The first kappa shape index (κ1) is 34.5. The van der Waals surface area contributed by atoms with Crippen LogP contribution in [0.2, 0.25) is 11.6 Å². The van der Waals surface area contributed by atoms with Gasteiger partial charge in [-0.2, -0.15) is 0 Å². The van der Waals surface area contributed by atoms with Gasteiger partial charge in [-0.1, -0.05) is 130 Å². The second-order valence-electron chi connectivity index (χ2n) is 22.3. The number of rotatable bonds is 1. The Hall–Kier alpha value is -1.64. The van der Waals surface area contributed by atoms with Crippen LogP contribution in [0.4, 0.5) is 0 Å². The predicted molar refractivity (Wildman–Crippen MR) is 210 cm³/mol. The molecule has 2 nitrogen and oxygen atoms in total. The van der Waals surface area contributed by atoms with Crippen molar-refractivity contribution in [2.24, 2.45) is 45.3 Å². The Morgan fingerprint density at radius 1 is 0.857 bits per heavy atom. The zero-order valence-electron chi connectivity index (χ0n) is 33.7. The Kier molecular flexibility index (Phi) is 7.86. The molecule has 268 valence electrons. The Morgan fingerprint density at radius 2 is 1.57 bits per heavy atom. The van der Waals surface area contributed by atoms with Gasteiger partial charge in [0.05, 0.1) is 0 Å². The quantitative estimate of drug-likeness (QED) is 0.204. The van der Waals surface area contributed by atoms with Crippen molar-refractivity contribution < 1.29 is 0 Å². The Labute approximate surface area is 302 Å². The summed E-state index contributed by atoms with van der Waals surface area (Å²) < 4.78 is 0. The maximum absolute atomic E-state index is 3.16. The molecule has 1 saturated carbocycles. The maximum Gasteiger partial charge on any atom is 0.194 e. The minimum Gasteiger partial charge on any atom is -0.366 e. The third-order valence-electron chi connectivity index (χ3n) is 16.3. The summed E-state index contributed by atoms with van der Waals surface area (Å²) in [5, 5.41) is 0. The van der Waals surface area contributed by atoms with E-state index in [0.29, 0.717) is 65.1 Å². The van der Waals surface area contributed by atoms with E-state index in [4.69, 9.17) is 0 Å². The van der Waals surface area contributed by atoms with E-state index in [0.717, 1.165) is 5.92 Å². The molecule has 1 spiro atoms. The van der Waals surface area contributed by atoms with Crippen molar-refractivity contribution in [2.75, 3.05) is 0 Å². The first-order chi connectivity index (χ1) is 22.8. The van der Waals surface area contributed by atoms with Crippen LogP contribution in [0.25, 0.3) is 0 Å². The first-order valence-corrected chi connectivity index (χ1v) is 20.9. The molecule has 49 heavy (non-hydrogen) atoms. The van der Waals surface area contributed by atoms with E-state index in [9.17, 15) is 0 Å². The minimum atomic E-state index is 0.172. The number of nitrogens with zero attached hydrogens (tertiary/aromatic N) is 2. The molecule has 0 bridgehead atoms. The first-order valence-electron chi connectivity index (χ1n) is 20.9. The lowest BCUT2D eigenvalue weighted by Crippen LogP contribution is -2.67. The van der Waals surface area contributed by atoms with Crippen molar-refractivity contribution in [1.29, 1.82) is 0 Å². The van der Waals surface area contributed by atoms with Crippen LogP contribution < -0.4 is 0 Å². The van der Waals surface area contributed by atoms with E-state index in [1.807, 2.05) is 0 Å². The predicted octanol–water partition coefficient (Wildman–Crippen LogP) is 12.0. The van der Waals surface area contributed by atoms with Gasteiger partial charge >= 0.3 is 0 Å². The van der Waals surface area contributed by atoms with Gasteiger partial charge in [-0.3, -0.25) is 0 Å². The Balaban J connectivity index is 1.33. The molecule has 0 radical (unpaired) electrons. The number of hydrogen-bond donors (Lipinski definition) is 0. The van der Waals surface area contributed by atoms with Crippen LogP contribution >= 0.6 is 0 Å². The highest BCUT2D eigenvalue weighted by molar-refractivity contribution is 6.72. The molecule has 9 unspecified atom stereocenters. The van der Waals surface area contributed by atoms with E-state index >= 15 is 0 Å². The lowest BCUT2D eigenvalue weighted by atomic mass is 9.22. The molecule has 0 aromatic carbocycles. The van der Waals surface area contributed by atoms with Crippen molar-refractivity contribution in [2.45, 2.75) is 183 Å². The highest BCUT2D eigenvalue weighted by Gasteiger charge is 2.71. The molecule has 3 heterocycles. The van der Waals surface area contributed by atoms with Gasteiger partial charge in [-0.05, 0) is 116 Å². The zero-order chi connectivity index (χ0) is 35.1. The zero-order valence-corrected chi connectivity index (χ0v) is 33.7. The van der Waals surface area contributed by atoms with Crippen LogP contribution in [0.15, 0.2) is 58.9 Å². The van der Waals surface area contributed by atoms with Crippen molar-refractivity contribution in [1.82, 2.24) is 9.80 Å². The lowest BCUT2D eigenvalue weighted by Gasteiger charge is -2.64. The summed E-state index contributed by atoms with van der Waals surface area (Å²) in [6.07, 6.45) is 30.1. The fourth-order valence-corrected chi connectivity index (χ4v) is 13.6. The molecule has 3 aliphatic heterocycles. The molecule has 0 N–H and O–H groups in total. The van der Waals surface area contributed by atoms with Crippen LogP contribution in [-0.4, -0.2) is 40.2 Å². The Bertz CT molecular complexity index is 1490. The van der Waals surface area contributed by atoms with Crippen LogP contribution in [0.5, 0.6) is 0 Å². The van der Waals surface area contributed by atoms with Gasteiger partial charge in [-0.25, -0.2) is 0 Å². The van der Waals surface area contributed by atoms with E-state index in [1.54, 1.807) is 22.4 Å². The van der Waals surface area contributed by atoms with Gasteiger partial charge in [0.25, 0.3) is 0 Å². The van der Waals surface area contributed by atoms with Gasteiger partial charge < -0.3 is 9.80 Å². The van der Waals surface area contributed by atoms with E-state index in [1.165, 1.54) is 64.2 Å². The fraction of sp³-hybridized carbons (Fsp3) is 0.783. The summed E-state index contributed by atoms with van der Waals surface area (Å²) in [5.41, 5.74) is 8.25. The third-order valence-corrected chi connectivity index (χ3v) is 16.3. The average molecular weight is 663 g/mol. The second-order valence-corrected chi connectivity index (χ2v) is 22.3. The summed E-state index contributed by atoms with van der Waals surface area (Å²) in [5.74, 6) is 3.93. The fourth-order valence-electron chi connectivity index (χ4n) is 13.6. The van der Waals surface area contributed by atoms with Crippen molar-refractivity contribution in [3.8, 4) is 0 Å². The van der Waals surface area contributed by atoms with Crippen LogP contribution in [-0.2, 0) is 0 Å². The maximum atomic E-state index is 3.16. The monoisotopic (exact) mass is 663 g/mol. The molecule has 0 amide bonds. The highest BCUT2D eigenvalue weighted by Crippen LogP contribution is 2.70. The van der Waals surface area contributed by atoms with Crippen molar-refractivity contribution in [3.63, 3.8) is 0 Å². The summed E-state index contributed by atoms with van der Waals surface area (Å²) in [7, 11) is 0. The molecule has 9 atom stereocenters. The molecule has 3 saturated heterocycles. The molecule has 0 aromatic heterocycles. The smallest absolute Gasteiger partial charge is 0.194 e. The highest BCUT2D eigenvalue weighted by atomic mass is 15.3. The summed E-state index contributed by atoms with van der Waals surface area (Å²) in [6.45, 7) is 31.0. The summed E-state index contributed by atoms with van der Waals surface area (Å²) in [6, 6.07) is 1.72. The molecule has 8 rings (SSSR count). The summed E-state index contributed by atoms with van der Waals surface area (Å²) >= 11 is 0. The average Bonchev–Trinajstić information content (AvgIpc) is 3.20. The molecule has 0 aromatic rings. The SMILES string of the molecule is CC1C=C2C3B(C4=CC(C(C)(C)C)=CCC4N(C4=CC(C(C)(C)C)CC(C(C)(C)C)C4)C3C1)C1C=CCC3C1N2C(C)(C)C31CCCCC1. The van der Waals surface area contributed by atoms with Gasteiger partial charge in [-0.15, -0.1) is 0 Å². The number of allylic oxidation sites excluding steroid dienone is 6. The van der Waals surface area contributed by atoms with Gasteiger partial charge in [0.15, 0.2) is 6.71 Å². The van der Waals surface area contributed by atoms with E-state index < -0.39 is 0 Å². The number of hydrogen-bond acceptors (Lipinski definition) is 2. The summed E-state index contributed by atoms with van der Waals surface area (Å²) in [4.78, 5) is 6.29. The van der Waals surface area contributed by atoms with E-state index in [-0.39, 0.29) is 16.4 Å².